The number of hydrogen-bond donors (Lipinski definition) is 3. The minimum Gasteiger partial charge on any atom is -0.356 e. The third-order valence-electron chi connectivity index (χ3n) is 5.48. The smallest absolute Gasteiger partial charge is 0.225 e. The number of carbonyl (C=O) groups is 1. The Labute approximate surface area is 162 Å². The number of fused-ring (bicyclic) bond motifs is 1. The van der Waals surface area contributed by atoms with Crippen LogP contribution in [0.1, 0.15) is 44.1 Å². The number of guanidine groups is 1. The van der Waals surface area contributed by atoms with Gasteiger partial charge in [0.1, 0.15) is 0 Å². The monoisotopic (exact) mass is 371 g/mol. The van der Waals surface area contributed by atoms with Crippen molar-refractivity contribution in [1.82, 2.24) is 15.5 Å². The molecule has 148 valence electrons. The maximum absolute atomic E-state index is 12.0. The number of piperidine rings is 1. The highest BCUT2D eigenvalue weighted by Gasteiger charge is 2.24. The van der Waals surface area contributed by atoms with Gasteiger partial charge in [-0.2, -0.15) is 0 Å². The Hall–Kier alpha value is -2.08. The molecule has 3 N–H and O–H groups in total. The van der Waals surface area contributed by atoms with E-state index in [4.69, 9.17) is 0 Å². The van der Waals surface area contributed by atoms with E-state index in [1.807, 2.05) is 18.2 Å². The van der Waals surface area contributed by atoms with E-state index < -0.39 is 0 Å². The highest BCUT2D eigenvalue weighted by Crippen LogP contribution is 2.31. The summed E-state index contributed by atoms with van der Waals surface area (Å²) in [5.41, 5.74) is 2.12. The van der Waals surface area contributed by atoms with Gasteiger partial charge in [-0.05, 0) is 43.5 Å². The standard InChI is InChI=1S/C21H33N5O/c1-16(15-26-10-6-3-7-11-26)13-23-21(22-2)24-14-17-12-20(27)25-19-9-5-4-8-18(17)19/h4-5,8-9,16-17H,3,6-7,10-15H2,1-2H3,(H,25,27)(H2,22,23,24). The maximum Gasteiger partial charge on any atom is 0.225 e. The lowest BCUT2D eigenvalue weighted by Gasteiger charge is -2.29. The molecule has 1 amide bonds. The van der Waals surface area contributed by atoms with Gasteiger partial charge in [0, 0.05) is 44.7 Å². The first kappa shape index (κ1) is 19.7. The third kappa shape index (κ3) is 5.70. The number of likely N-dealkylation sites (tertiary alicyclic amines) is 1. The summed E-state index contributed by atoms with van der Waals surface area (Å²) in [4.78, 5) is 18.9. The van der Waals surface area contributed by atoms with E-state index in [0.717, 1.165) is 24.7 Å². The van der Waals surface area contributed by atoms with Crippen LogP contribution in [0.2, 0.25) is 0 Å². The average molecular weight is 372 g/mol. The van der Waals surface area contributed by atoms with E-state index in [9.17, 15) is 4.79 Å². The van der Waals surface area contributed by atoms with Gasteiger partial charge in [-0.15, -0.1) is 0 Å². The predicted molar refractivity (Wildman–Crippen MR) is 111 cm³/mol. The summed E-state index contributed by atoms with van der Waals surface area (Å²) in [6.07, 6.45) is 4.55. The quantitative estimate of drug-likeness (QED) is 0.531. The number of para-hydroxylation sites is 1. The van der Waals surface area contributed by atoms with Crippen LogP contribution in [0, 0.1) is 5.92 Å². The molecule has 1 saturated heterocycles. The summed E-state index contributed by atoms with van der Waals surface area (Å²) < 4.78 is 0. The molecule has 6 nitrogen and oxygen atoms in total. The normalized spacial score (nSPS) is 21.9. The van der Waals surface area contributed by atoms with Crippen molar-refractivity contribution < 1.29 is 4.79 Å². The Balaban J connectivity index is 1.46. The Morgan fingerprint density at radius 2 is 2.04 bits per heavy atom. The van der Waals surface area contributed by atoms with Gasteiger partial charge in [-0.1, -0.05) is 31.5 Å². The number of nitrogens with zero attached hydrogens (tertiary/aromatic N) is 2. The van der Waals surface area contributed by atoms with Crippen molar-refractivity contribution in [3.05, 3.63) is 29.8 Å². The molecule has 0 radical (unpaired) electrons. The summed E-state index contributed by atoms with van der Waals surface area (Å²) in [7, 11) is 1.80. The number of hydrogen-bond acceptors (Lipinski definition) is 3. The highest BCUT2D eigenvalue weighted by molar-refractivity contribution is 5.94. The highest BCUT2D eigenvalue weighted by atomic mass is 16.1. The number of anilines is 1. The van der Waals surface area contributed by atoms with Gasteiger partial charge >= 0.3 is 0 Å². The van der Waals surface area contributed by atoms with E-state index in [1.54, 1.807) is 7.05 Å². The van der Waals surface area contributed by atoms with Gasteiger partial charge in [0.2, 0.25) is 5.91 Å². The van der Waals surface area contributed by atoms with Gasteiger partial charge in [-0.3, -0.25) is 9.79 Å². The van der Waals surface area contributed by atoms with Crippen LogP contribution in [-0.4, -0.2) is 56.5 Å². The molecule has 0 saturated carbocycles. The van der Waals surface area contributed by atoms with Crippen molar-refractivity contribution in [1.29, 1.82) is 0 Å². The molecule has 1 aromatic carbocycles. The molecule has 2 aliphatic rings. The lowest BCUT2D eigenvalue weighted by Crippen LogP contribution is -2.44. The molecule has 2 unspecified atom stereocenters. The number of rotatable bonds is 6. The van der Waals surface area contributed by atoms with Crippen LogP contribution in [0.5, 0.6) is 0 Å². The minimum atomic E-state index is 0.0820. The first-order valence-corrected chi connectivity index (χ1v) is 10.2. The van der Waals surface area contributed by atoms with E-state index in [2.05, 4.69) is 38.8 Å². The van der Waals surface area contributed by atoms with Gasteiger partial charge in [0.25, 0.3) is 0 Å². The lowest BCUT2D eigenvalue weighted by molar-refractivity contribution is -0.116. The second kappa shape index (κ2) is 9.74. The Bertz CT molecular complexity index is 654. The summed E-state index contributed by atoms with van der Waals surface area (Å²) in [5.74, 6) is 1.63. The zero-order valence-electron chi connectivity index (χ0n) is 16.6. The molecule has 6 heteroatoms. The van der Waals surface area contributed by atoms with Crippen LogP contribution >= 0.6 is 0 Å². The number of nitrogens with one attached hydrogen (secondary N) is 3. The summed E-state index contributed by atoms with van der Waals surface area (Å²) in [6.45, 7) is 7.50. The first-order chi connectivity index (χ1) is 13.2. The largest absolute Gasteiger partial charge is 0.356 e. The van der Waals surface area contributed by atoms with E-state index >= 15 is 0 Å². The fourth-order valence-corrected chi connectivity index (χ4v) is 4.04. The molecule has 0 spiro atoms. The second-order valence-electron chi connectivity index (χ2n) is 7.84. The molecule has 2 heterocycles. The van der Waals surface area contributed by atoms with Crippen LogP contribution in [0.4, 0.5) is 5.69 Å². The van der Waals surface area contributed by atoms with Crippen molar-refractivity contribution in [2.75, 3.05) is 45.1 Å². The molecule has 2 aliphatic heterocycles. The van der Waals surface area contributed by atoms with Crippen LogP contribution < -0.4 is 16.0 Å². The Kier molecular flexibility index (Phi) is 7.10. The molecule has 2 atom stereocenters. The van der Waals surface area contributed by atoms with Crippen LogP contribution in [-0.2, 0) is 4.79 Å². The first-order valence-electron chi connectivity index (χ1n) is 10.2. The molecule has 3 rings (SSSR count). The SMILES string of the molecule is CN=C(NCC(C)CN1CCCCC1)NCC1CC(=O)Nc2ccccc21. The van der Waals surface area contributed by atoms with Crippen LogP contribution in [0.3, 0.4) is 0 Å². The van der Waals surface area contributed by atoms with Crippen LogP contribution in [0.15, 0.2) is 29.3 Å². The van der Waals surface area contributed by atoms with E-state index in [-0.39, 0.29) is 11.8 Å². The number of carbonyl (C=O) groups excluding carboxylic acids is 1. The Morgan fingerprint density at radius 3 is 2.81 bits per heavy atom. The molecule has 1 aromatic rings. The van der Waals surface area contributed by atoms with Gasteiger partial charge in [-0.25, -0.2) is 0 Å². The van der Waals surface area contributed by atoms with Crippen molar-refractivity contribution >= 4 is 17.6 Å². The van der Waals surface area contributed by atoms with Gasteiger partial charge in [0.15, 0.2) is 5.96 Å². The van der Waals surface area contributed by atoms with Crippen LogP contribution in [0.25, 0.3) is 0 Å². The molecule has 0 aliphatic carbocycles. The fourth-order valence-electron chi connectivity index (χ4n) is 4.04. The fraction of sp³-hybridized carbons (Fsp3) is 0.619. The summed E-state index contributed by atoms with van der Waals surface area (Å²) >= 11 is 0. The average Bonchev–Trinajstić information content (AvgIpc) is 2.68. The molecule has 0 aromatic heterocycles. The number of benzene rings is 1. The van der Waals surface area contributed by atoms with E-state index in [1.165, 1.54) is 37.9 Å². The number of aliphatic imine (C=N–C) groups is 1. The topological polar surface area (TPSA) is 68.8 Å². The lowest BCUT2D eigenvalue weighted by atomic mass is 9.90. The van der Waals surface area contributed by atoms with Gasteiger partial charge in [0.05, 0.1) is 0 Å². The number of amides is 1. The molecular formula is C21H33N5O. The second-order valence-corrected chi connectivity index (χ2v) is 7.84. The zero-order chi connectivity index (χ0) is 19.1. The minimum absolute atomic E-state index is 0.0820. The van der Waals surface area contributed by atoms with Crippen molar-refractivity contribution in [2.45, 2.75) is 38.5 Å². The molecular weight excluding hydrogens is 338 g/mol. The van der Waals surface area contributed by atoms with Crippen molar-refractivity contribution in [3.8, 4) is 0 Å². The predicted octanol–water partition coefficient (Wildman–Crippen LogP) is 2.40. The zero-order valence-corrected chi connectivity index (χ0v) is 16.6. The van der Waals surface area contributed by atoms with Crippen molar-refractivity contribution in [2.24, 2.45) is 10.9 Å². The summed E-state index contributed by atoms with van der Waals surface area (Å²) in [6, 6.07) is 8.05. The van der Waals surface area contributed by atoms with Gasteiger partial charge < -0.3 is 20.9 Å². The molecule has 0 bridgehead atoms. The molecule has 27 heavy (non-hydrogen) atoms. The summed E-state index contributed by atoms with van der Waals surface area (Å²) in [5, 5.41) is 9.80. The Morgan fingerprint density at radius 1 is 1.26 bits per heavy atom. The van der Waals surface area contributed by atoms with E-state index in [0.29, 0.717) is 18.9 Å². The third-order valence-corrected chi connectivity index (χ3v) is 5.48. The molecule has 1 fully saturated rings. The maximum atomic E-state index is 12.0. The van der Waals surface area contributed by atoms with Crippen molar-refractivity contribution in [3.63, 3.8) is 0 Å².